The van der Waals surface area contributed by atoms with Crippen molar-refractivity contribution in [2.45, 2.75) is 45.6 Å². The lowest BCUT2D eigenvalue weighted by atomic mass is 10.0. The van der Waals surface area contributed by atoms with Crippen LogP contribution < -0.4 is 5.32 Å². The van der Waals surface area contributed by atoms with Crippen LogP contribution in [0.1, 0.15) is 40.0 Å². The minimum Gasteiger partial charge on any atom is -0.381 e. The highest BCUT2D eigenvalue weighted by atomic mass is 16.5. The van der Waals surface area contributed by atoms with E-state index >= 15 is 0 Å². The molecule has 0 saturated heterocycles. The Bertz CT molecular complexity index is 177. The summed E-state index contributed by atoms with van der Waals surface area (Å²) in [6.07, 6.45) is 3.01. The minimum atomic E-state index is -0.430. The second kappa shape index (κ2) is 7.78. The molecule has 0 rings (SSSR count). The number of hydrogen-bond acceptors (Lipinski definition) is 3. The van der Waals surface area contributed by atoms with E-state index in [2.05, 4.69) is 18.3 Å². The Labute approximate surface area is 87.4 Å². The van der Waals surface area contributed by atoms with E-state index in [1.54, 1.807) is 0 Å². The van der Waals surface area contributed by atoms with Crippen LogP contribution in [0.4, 0.5) is 0 Å². The van der Waals surface area contributed by atoms with Gasteiger partial charge < -0.3 is 4.74 Å². The summed E-state index contributed by atoms with van der Waals surface area (Å²) in [6.45, 7) is 8.36. The van der Waals surface area contributed by atoms with E-state index in [1.807, 2.05) is 13.8 Å². The predicted molar refractivity (Wildman–Crippen MR) is 58.0 cm³/mol. The van der Waals surface area contributed by atoms with Gasteiger partial charge in [-0.05, 0) is 19.9 Å². The average Bonchev–Trinajstić information content (AvgIpc) is 2.18. The van der Waals surface area contributed by atoms with Gasteiger partial charge in [0.1, 0.15) is 5.54 Å². The van der Waals surface area contributed by atoms with Crippen molar-refractivity contribution in [3.63, 3.8) is 0 Å². The molecular formula is C11H22N2O. The molecule has 0 saturated carbocycles. The largest absolute Gasteiger partial charge is 0.381 e. The second-order valence-corrected chi connectivity index (χ2v) is 3.69. The van der Waals surface area contributed by atoms with Gasteiger partial charge in [0.2, 0.25) is 0 Å². The van der Waals surface area contributed by atoms with Crippen LogP contribution in [0.3, 0.4) is 0 Å². The predicted octanol–water partition coefficient (Wildman–Crippen LogP) is 2.08. The lowest BCUT2D eigenvalue weighted by molar-refractivity contribution is 0.116. The van der Waals surface area contributed by atoms with Gasteiger partial charge in [0.25, 0.3) is 0 Å². The molecule has 3 heteroatoms. The Morgan fingerprint density at radius 2 is 2.07 bits per heavy atom. The SMILES string of the molecule is CCCCOCCC(C)(C#N)NCC. The molecule has 0 fully saturated rings. The molecule has 1 atom stereocenters. The van der Waals surface area contributed by atoms with Crippen molar-refractivity contribution in [3.8, 4) is 6.07 Å². The first kappa shape index (κ1) is 13.4. The summed E-state index contributed by atoms with van der Waals surface area (Å²) in [5.74, 6) is 0. The molecule has 0 bridgehead atoms. The fraction of sp³-hybridized carbons (Fsp3) is 0.909. The van der Waals surface area contributed by atoms with Gasteiger partial charge >= 0.3 is 0 Å². The quantitative estimate of drug-likeness (QED) is 0.607. The van der Waals surface area contributed by atoms with Gasteiger partial charge in [-0.2, -0.15) is 5.26 Å². The van der Waals surface area contributed by atoms with E-state index in [0.717, 1.165) is 32.4 Å². The molecule has 1 N–H and O–H groups in total. The van der Waals surface area contributed by atoms with E-state index in [4.69, 9.17) is 10.00 Å². The van der Waals surface area contributed by atoms with Crippen molar-refractivity contribution in [1.82, 2.24) is 5.32 Å². The molecule has 0 aromatic carbocycles. The highest BCUT2D eigenvalue weighted by Crippen LogP contribution is 2.07. The van der Waals surface area contributed by atoms with Crippen LogP contribution in [0, 0.1) is 11.3 Å². The molecule has 3 nitrogen and oxygen atoms in total. The number of ether oxygens (including phenoxy) is 1. The zero-order valence-corrected chi connectivity index (χ0v) is 9.60. The van der Waals surface area contributed by atoms with Crippen molar-refractivity contribution in [2.24, 2.45) is 0 Å². The van der Waals surface area contributed by atoms with E-state index in [0.29, 0.717) is 6.61 Å². The van der Waals surface area contributed by atoms with Crippen LogP contribution in [0.2, 0.25) is 0 Å². The number of nitrogens with one attached hydrogen (secondary N) is 1. The Morgan fingerprint density at radius 3 is 2.57 bits per heavy atom. The molecule has 0 aliphatic rings. The van der Waals surface area contributed by atoms with E-state index in [-0.39, 0.29) is 0 Å². The van der Waals surface area contributed by atoms with Gasteiger partial charge in [-0.3, -0.25) is 5.32 Å². The molecule has 0 aliphatic heterocycles. The number of nitriles is 1. The van der Waals surface area contributed by atoms with Crippen molar-refractivity contribution in [2.75, 3.05) is 19.8 Å². The first-order chi connectivity index (χ1) is 6.68. The Morgan fingerprint density at radius 1 is 1.36 bits per heavy atom. The normalized spacial score (nSPS) is 14.7. The summed E-state index contributed by atoms with van der Waals surface area (Å²) in [5, 5.41) is 12.1. The molecule has 14 heavy (non-hydrogen) atoms. The maximum atomic E-state index is 8.95. The lowest BCUT2D eigenvalue weighted by Crippen LogP contribution is -2.41. The molecule has 1 unspecified atom stereocenters. The van der Waals surface area contributed by atoms with Gasteiger partial charge in [-0.25, -0.2) is 0 Å². The minimum absolute atomic E-state index is 0.430. The number of hydrogen-bond donors (Lipinski definition) is 1. The second-order valence-electron chi connectivity index (χ2n) is 3.69. The number of unbranched alkanes of at least 4 members (excludes halogenated alkanes) is 1. The molecule has 0 aromatic heterocycles. The van der Waals surface area contributed by atoms with Crippen LogP contribution in [0.15, 0.2) is 0 Å². The molecule has 0 heterocycles. The van der Waals surface area contributed by atoms with E-state index in [1.165, 1.54) is 0 Å². The molecule has 0 aliphatic carbocycles. The molecule has 82 valence electrons. The van der Waals surface area contributed by atoms with Crippen LogP contribution >= 0.6 is 0 Å². The number of nitrogens with zero attached hydrogens (tertiary/aromatic N) is 1. The summed E-state index contributed by atoms with van der Waals surface area (Å²) < 4.78 is 5.43. The summed E-state index contributed by atoms with van der Waals surface area (Å²) in [5.41, 5.74) is -0.430. The Balaban J connectivity index is 3.58. The smallest absolute Gasteiger partial charge is 0.106 e. The average molecular weight is 198 g/mol. The molecule has 0 amide bonds. The Kier molecular flexibility index (Phi) is 7.45. The third-order valence-electron chi connectivity index (χ3n) is 2.20. The topological polar surface area (TPSA) is 45.0 Å². The van der Waals surface area contributed by atoms with E-state index < -0.39 is 5.54 Å². The first-order valence-electron chi connectivity index (χ1n) is 5.42. The lowest BCUT2D eigenvalue weighted by Gasteiger charge is -2.22. The monoisotopic (exact) mass is 198 g/mol. The maximum absolute atomic E-state index is 8.95. The van der Waals surface area contributed by atoms with Gasteiger partial charge in [-0.15, -0.1) is 0 Å². The van der Waals surface area contributed by atoms with Crippen molar-refractivity contribution in [3.05, 3.63) is 0 Å². The van der Waals surface area contributed by atoms with Crippen LogP contribution in [-0.2, 0) is 4.74 Å². The summed E-state index contributed by atoms with van der Waals surface area (Å²) in [4.78, 5) is 0. The summed E-state index contributed by atoms with van der Waals surface area (Å²) in [7, 11) is 0. The zero-order valence-electron chi connectivity index (χ0n) is 9.60. The third kappa shape index (κ3) is 5.95. The fourth-order valence-electron chi connectivity index (χ4n) is 1.20. The molecule has 0 aromatic rings. The van der Waals surface area contributed by atoms with Gasteiger partial charge in [-0.1, -0.05) is 20.3 Å². The van der Waals surface area contributed by atoms with Crippen molar-refractivity contribution >= 4 is 0 Å². The van der Waals surface area contributed by atoms with Crippen LogP contribution in [0.25, 0.3) is 0 Å². The molecular weight excluding hydrogens is 176 g/mol. The van der Waals surface area contributed by atoms with Crippen molar-refractivity contribution in [1.29, 1.82) is 5.26 Å². The fourth-order valence-corrected chi connectivity index (χ4v) is 1.20. The van der Waals surface area contributed by atoms with Crippen LogP contribution in [-0.4, -0.2) is 25.3 Å². The summed E-state index contributed by atoms with van der Waals surface area (Å²) >= 11 is 0. The summed E-state index contributed by atoms with van der Waals surface area (Å²) in [6, 6.07) is 2.28. The molecule has 0 radical (unpaired) electrons. The molecule has 0 spiro atoms. The third-order valence-corrected chi connectivity index (χ3v) is 2.20. The first-order valence-corrected chi connectivity index (χ1v) is 5.42. The van der Waals surface area contributed by atoms with Gasteiger partial charge in [0.15, 0.2) is 0 Å². The maximum Gasteiger partial charge on any atom is 0.106 e. The van der Waals surface area contributed by atoms with Crippen molar-refractivity contribution < 1.29 is 4.74 Å². The zero-order chi connectivity index (χ0) is 10.9. The highest BCUT2D eigenvalue weighted by molar-refractivity contribution is 5.03. The van der Waals surface area contributed by atoms with E-state index in [9.17, 15) is 0 Å². The van der Waals surface area contributed by atoms with Crippen LogP contribution in [0.5, 0.6) is 0 Å². The van der Waals surface area contributed by atoms with Gasteiger partial charge in [0.05, 0.1) is 6.07 Å². The Hall–Kier alpha value is -0.590. The standard InChI is InChI=1S/C11H22N2O/c1-4-6-8-14-9-7-11(3,10-12)13-5-2/h13H,4-9H2,1-3H3. The van der Waals surface area contributed by atoms with Gasteiger partial charge in [0, 0.05) is 19.6 Å². The number of rotatable bonds is 8. The highest BCUT2D eigenvalue weighted by Gasteiger charge is 2.21.